The van der Waals surface area contributed by atoms with Crippen molar-refractivity contribution >= 4 is 53.4 Å². The van der Waals surface area contributed by atoms with Crippen LogP contribution in [-0.2, 0) is 4.79 Å². The van der Waals surface area contributed by atoms with Crippen LogP contribution in [0.4, 0.5) is 5.82 Å². The topological polar surface area (TPSA) is 73.7 Å². The molecular formula is C19H23Cl2N3O3. The molecule has 8 heteroatoms. The normalized spacial score (nSPS) is 18.9. The van der Waals surface area contributed by atoms with Crippen molar-refractivity contribution in [3.05, 3.63) is 35.9 Å². The number of aromatic nitrogens is 1. The minimum absolute atomic E-state index is 0. The number of anilines is 1. The molecule has 2 aliphatic rings. The Kier molecular flexibility index (Phi) is 6.89. The van der Waals surface area contributed by atoms with Gasteiger partial charge in [0.05, 0.1) is 17.0 Å². The molecule has 1 unspecified atom stereocenters. The fraction of sp³-hybridized carbons (Fsp3) is 0.421. The van der Waals surface area contributed by atoms with Gasteiger partial charge < -0.3 is 14.9 Å². The van der Waals surface area contributed by atoms with E-state index in [1.165, 1.54) is 0 Å². The number of likely N-dealkylation sites (tertiary alicyclic amines) is 1. The van der Waals surface area contributed by atoms with Gasteiger partial charge in [-0.25, -0.2) is 4.98 Å². The van der Waals surface area contributed by atoms with Gasteiger partial charge in [0.2, 0.25) is 0 Å². The number of carbonyl (C=O) groups excluding carboxylic acids is 1. The standard InChI is InChI=1S/C19H21N3O3.2ClH/c23-18(22-10-7-14(12-22)19(24)25)15-11-13-5-1-2-6-16(13)20-17(15)21-8-3-4-9-21;;/h1-2,5-6,11,14H,3-4,7-10,12H2,(H,24,25);2*1H. The lowest BCUT2D eigenvalue weighted by Crippen LogP contribution is -2.32. The van der Waals surface area contributed by atoms with Crippen LogP contribution in [0.25, 0.3) is 10.9 Å². The molecule has 6 nitrogen and oxygen atoms in total. The molecule has 1 aromatic heterocycles. The molecule has 0 saturated carbocycles. The number of hydrogen-bond acceptors (Lipinski definition) is 4. The van der Waals surface area contributed by atoms with Gasteiger partial charge in [0, 0.05) is 31.6 Å². The number of rotatable bonds is 3. The third kappa shape index (κ3) is 4.12. The summed E-state index contributed by atoms with van der Waals surface area (Å²) < 4.78 is 0. The van der Waals surface area contributed by atoms with Crippen molar-refractivity contribution in [3.8, 4) is 0 Å². The summed E-state index contributed by atoms with van der Waals surface area (Å²) >= 11 is 0. The summed E-state index contributed by atoms with van der Waals surface area (Å²) in [6, 6.07) is 9.70. The quantitative estimate of drug-likeness (QED) is 0.838. The van der Waals surface area contributed by atoms with E-state index in [1.54, 1.807) is 4.90 Å². The van der Waals surface area contributed by atoms with E-state index >= 15 is 0 Å². The number of hydrogen-bond donors (Lipinski definition) is 1. The van der Waals surface area contributed by atoms with E-state index < -0.39 is 11.9 Å². The second-order valence-electron chi connectivity index (χ2n) is 6.82. The highest BCUT2D eigenvalue weighted by molar-refractivity contribution is 6.02. The monoisotopic (exact) mass is 411 g/mol. The first kappa shape index (κ1) is 21.3. The molecule has 0 bridgehead atoms. The number of pyridine rings is 1. The SMILES string of the molecule is Cl.Cl.O=C(O)C1CCN(C(=O)c2cc3ccccc3nc2N2CCCC2)C1. The van der Waals surface area contributed by atoms with E-state index in [0.29, 0.717) is 18.5 Å². The number of fused-ring (bicyclic) bond motifs is 1. The van der Waals surface area contributed by atoms with Gasteiger partial charge in [-0.15, -0.1) is 24.8 Å². The maximum Gasteiger partial charge on any atom is 0.308 e. The minimum Gasteiger partial charge on any atom is -0.481 e. The number of para-hydroxylation sites is 1. The molecule has 2 aliphatic heterocycles. The molecule has 2 fully saturated rings. The Morgan fingerprint density at radius 3 is 2.44 bits per heavy atom. The van der Waals surface area contributed by atoms with Crippen LogP contribution < -0.4 is 4.90 Å². The van der Waals surface area contributed by atoms with Gasteiger partial charge in [-0.3, -0.25) is 9.59 Å². The maximum absolute atomic E-state index is 13.1. The van der Waals surface area contributed by atoms with E-state index in [9.17, 15) is 14.7 Å². The molecule has 146 valence electrons. The molecule has 1 N–H and O–H groups in total. The van der Waals surface area contributed by atoms with Gasteiger partial charge >= 0.3 is 5.97 Å². The van der Waals surface area contributed by atoms with E-state index in [4.69, 9.17) is 4.98 Å². The Morgan fingerprint density at radius 2 is 1.78 bits per heavy atom. The Morgan fingerprint density at radius 1 is 1.07 bits per heavy atom. The molecule has 1 amide bonds. The van der Waals surface area contributed by atoms with Crippen molar-refractivity contribution in [1.29, 1.82) is 0 Å². The minimum atomic E-state index is -0.827. The highest BCUT2D eigenvalue weighted by atomic mass is 35.5. The van der Waals surface area contributed by atoms with Gasteiger partial charge in [0.1, 0.15) is 5.82 Å². The first-order valence-electron chi connectivity index (χ1n) is 8.80. The van der Waals surface area contributed by atoms with Crippen molar-refractivity contribution < 1.29 is 14.7 Å². The second kappa shape index (κ2) is 8.76. The number of carbonyl (C=O) groups is 2. The lowest BCUT2D eigenvalue weighted by atomic mass is 10.1. The maximum atomic E-state index is 13.1. The van der Waals surface area contributed by atoms with Crippen LogP contribution in [0, 0.1) is 5.92 Å². The molecule has 1 atom stereocenters. The summed E-state index contributed by atoms with van der Waals surface area (Å²) in [7, 11) is 0. The third-order valence-corrected chi connectivity index (χ3v) is 5.16. The molecule has 2 aromatic rings. The predicted octanol–water partition coefficient (Wildman–Crippen LogP) is 3.23. The van der Waals surface area contributed by atoms with Gasteiger partial charge in [-0.1, -0.05) is 18.2 Å². The summed E-state index contributed by atoms with van der Waals surface area (Å²) in [5, 5.41) is 10.1. The highest BCUT2D eigenvalue weighted by Crippen LogP contribution is 2.29. The molecule has 3 heterocycles. The molecular weight excluding hydrogens is 389 g/mol. The number of nitrogens with zero attached hydrogens (tertiary/aromatic N) is 3. The molecule has 2 saturated heterocycles. The number of benzene rings is 1. The third-order valence-electron chi connectivity index (χ3n) is 5.16. The fourth-order valence-corrected chi connectivity index (χ4v) is 3.75. The van der Waals surface area contributed by atoms with Crippen LogP contribution in [0.1, 0.15) is 29.6 Å². The number of amides is 1. The molecule has 27 heavy (non-hydrogen) atoms. The first-order valence-corrected chi connectivity index (χ1v) is 8.80. The zero-order chi connectivity index (χ0) is 17.4. The summed E-state index contributed by atoms with van der Waals surface area (Å²) in [6.45, 7) is 2.58. The van der Waals surface area contributed by atoms with E-state index in [-0.39, 0.29) is 37.3 Å². The highest BCUT2D eigenvalue weighted by Gasteiger charge is 2.33. The Labute approximate surface area is 170 Å². The smallest absolute Gasteiger partial charge is 0.308 e. The van der Waals surface area contributed by atoms with Crippen molar-refractivity contribution in [1.82, 2.24) is 9.88 Å². The van der Waals surface area contributed by atoms with Crippen LogP contribution in [0.15, 0.2) is 30.3 Å². The molecule has 0 aliphatic carbocycles. The van der Waals surface area contributed by atoms with Crippen LogP contribution >= 0.6 is 24.8 Å². The molecule has 4 rings (SSSR count). The molecule has 1 aromatic carbocycles. The molecule has 0 spiro atoms. The lowest BCUT2D eigenvalue weighted by Gasteiger charge is -2.23. The van der Waals surface area contributed by atoms with Crippen LogP contribution in [0.2, 0.25) is 0 Å². The van der Waals surface area contributed by atoms with Gasteiger partial charge in [-0.05, 0) is 31.4 Å². The summed E-state index contributed by atoms with van der Waals surface area (Å²) in [5.41, 5.74) is 1.47. The summed E-state index contributed by atoms with van der Waals surface area (Å²) in [5.74, 6) is -0.664. The van der Waals surface area contributed by atoms with E-state index in [1.807, 2.05) is 30.3 Å². The molecule has 0 radical (unpaired) electrons. The Balaban J connectivity index is 0.00000131. The van der Waals surface area contributed by atoms with Gasteiger partial charge in [0.15, 0.2) is 0 Å². The van der Waals surface area contributed by atoms with Crippen LogP contribution in [0.3, 0.4) is 0 Å². The average Bonchev–Trinajstić information content (AvgIpc) is 3.31. The fourth-order valence-electron chi connectivity index (χ4n) is 3.75. The number of carboxylic acids is 1. The Bertz CT molecular complexity index is 840. The van der Waals surface area contributed by atoms with Crippen molar-refractivity contribution in [2.75, 3.05) is 31.1 Å². The van der Waals surface area contributed by atoms with E-state index in [0.717, 1.165) is 42.7 Å². The zero-order valence-electron chi connectivity index (χ0n) is 14.8. The number of aliphatic carboxylic acids is 1. The largest absolute Gasteiger partial charge is 0.481 e. The average molecular weight is 412 g/mol. The predicted molar refractivity (Wildman–Crippen MR) is 109 cm³/mol. The Hall–Kier alpha value is -2.05. The lowest BCUT2D eigenvalue weighted by molar-refractivity contribution is -0.141. The van der Waals surface area contributed by atoms with Gasteiger partial charge in [0.25, 0.3) is 5.91 Å². The van der Waals surface area contributed by atoms with Crippen molar-refractivity contribution in [2.24, 2.45) is 5.92 Å². The first-order chi connectivity index (χ1) is 12.1. The summed E-state index contributed by atoms with van der Waals surface area (Å²) in [4.78, 5) is 32.9. The van der Waals surface area contributed by atoms with Gasteiger partial charge in [-0.2, -0.15) is 0 Å². The van der Waals surface area contributed by atoms with Crippen LogP contribution in [0.5, 0.6) is 0 Å². The van der Waals surface area contributed by atoms with E-state index in [2.05, 4.69) is 4.90 Å². The zero-order valence-corrected chi connectivity index (χ0v) is 16.5. The number of halogens is 2. The van der Waals surface area contributed by atoms with Crippen molar-refractivity contribution in [2.45, 2.75) is 19.3 Å². The number of carboxylic acid groups (broad SMARTS) is 1. The van der Waals surface area contributed by atoms with Crippen molar-refractivity contribution in [3.63, 3.8) is 0 Å². The van der Waals surface area contributed by atoms with Crippen LogP contribution in [-0.4, -0.2) is 53.0 Å². The second-order valence-corrected chi connectivity index (χ2v) is 6.82. The summed E-state index contributed by atoms with van der Waals surface area (Å²) in [6.07, 6.45) is 2.72.